The molecule has 0 amide bonds. The second-order valence-corrected chi connectivity index (χ2v) is 15.8. The van der Waals surface area contributed by atoms with Crippen molar-refractivity contribution in [2.45, 2.75) is 123 Å². The molecule has 70 heavy (non-hydrogen) atoms. The Morgan fingerprint density at radius 2 is 0.871 bits per heavy atom. The van der Waals surface area contributed by atoms with Crippen molar-refractivity contribution >= 4 is 53.5 Å². The van der Waals surface area contributed by atoms with Gasteiger partial charge in [-0.15, -0.1) is 0 Å². The molecule has 2 aliphatic heterocycles. The molecule has 0 aromatic heterocycles. The lowest BCUT2D eigenvalue weighted by molar-refractivity contribution is -0.361. The van der Waals surface area contributed by atoms with Gasteiger partial charge in [0.25, 0.3) is 0 Å². The van der Waals surface area contributed by atoms with Crippen LogP contribution in [-0.2, 0) is 102 Å². The number of aliphatic imine (C=N–C) groups is 1. The normalized spacial score (nSPS) is 24.3. The standard InChI is InChI=1S/C49H55NO20/c1-27(51)59-25-38-41(63-29(3)53)43(64-30(4)54)46(67-33(7)57)49(69-38)70-42-39(26-60-28(2)52)68-48(45(66-32(6)56)44(42)65-31(5)55)62-24-37(47(58)61-23-34-17-11-8-12-18-34)50-40(35-19-13-9-14-20-35)36-21-15-10-16-22-36/h8-22,37-39,41-46,48-49H,23-26H2,1-7H3/t37-,38+,39+,41+,42+,43-,44-,45+,46+,48+,49-/m0/s1. The van der Waals surface area contributed by atoms with Gasteiger partial charge in [0.2, 0.25) is 0 Å². The molecular weight excluding hydrogens is 923 g/mol. The molecule has 2 saturated heterocycles. The van der Waals surface area contributed by atoms with Crippen LogP contribution in [-0.4, -0.2) is 141 Å². The Bertz CT molecular complexity index is 2270. The first kappa shape index (κ1) is 53.9. The molecular formula is C49H55NO20. The van der Waals surface area contributed by atoms with Crippen LogP contribution in [0.2, 0.25) is 0 Å². The van der Waals surface area contributed by atoms with Gasteiger partial charge in [0.1, 0.15) is 38.1 Å². The van der Waals surface area contributed by atoms with Crippen molar-refractivity contribution in [1.82, 2.24) is 0 Å². The zero-order chi connectivity index (χ0) is 50.9. The third kappa shape index (κ3) is 16.0. The fraction of sp³-hybridized carbons (Fsp3) is 0.449. The summed E-state index contributed by atoms with van der Waals surface area (Å²) >= 11 is 0. The summed E-state index contributed by atoms with van der Waals surface area (Å²) in [4.78, 5) is 107. The lowest BCUT2D eigenvalue weighted by atomic mass is 9.96. The number of esters is 8. The minimum atomic E-state index is -1.89. The van der Waals surface area contributed by atoms with Crippen LogP contribution in [0, 0.1) is 0 Å². The Kier molecular flexibility index (Phi) is 20.1. The van der Waals surface area contributed by atoms with Crippen molar-refractivity contribution in [2.24, 2.45) is 4.99 Å². The molecule has 21 heteroatoms. The van der Waals surface area contributed by atoms with Gasteiger partial charge in [-0.25, -0.2) is 4.79 Å². The van der Waals surface area contributed by atoms with Gasteiger partial charge in [0, 0.05) is 59.6 Å². The van der Waals surface area contributed by atoms with Crippen molar-refractivity contribution in [2.75, 3.05) is 19.8 Å². The van der Waals surface area contributed by atoms with E-state index in [0.29, 0.717) is 22.4 Å². The van der Waals surface area contributed by atoms with E-state index in [1.165, 1.54) is 0 Å². The summed E-state index contributed by atoms with van der Waals surface area (Å²) in [5.74, 6) is -7.08. The maximum atomic E-state index is 14.1. The number of carbonyl (C=O) groups is 8. The van der Waals surface area contributed by atoms with Crippen molar-refractivity contribution in [3.8, 4) is 0 Å². The number of carbonyl (C=O) groups excluding carboxylic acids is 8. The molecule has 2 heterocycles. The highest BCUT2D eigenvalue weighted by Crippen LogP contribution is 2.36. The number of nitrogens with zero attached hydrogens (tertiary/aromatic N) is 1. The van der Waals surface area contributed by atoms with E-state index in [-0.39, 0.29) is 6.61 Å². The topological polar surface area (TPSA) is 260 Å². The van der Waals surface area contributed by atoms with Crippen LogP contribution in [0.3, 0.4) is 0 Å². The molecule has 5 rings (SSSR count). The van der Waals surface area contributed by atoms with E-state index in [9.17, 15) is 38.4 Å². The minimum absolute atomic E-state index is 0.134. The molecule has 0 saturated carbocycles. The molecule has 3 aromatic rings. The Morgan fingerprint density at radius 1 is 0.471 bits per heavy atom. The van der Waals surface area contributed by atoms with E-state index < -0.39 is 135 Å². The highest BCUT2D eigenvalue weighted by molar-refractivity contribution is 6.13. The predicted octanol–water partition coefficient (Wildman–Crippen LogP) is 3.27. The molecule has 376 valence electrons. The molecule has 2 fully saturated rings. The smallest absolute Gasteiger partial charge is 0.333 e. The summed E-state index contributed by atoms with van der Waals surface area (Å²) in [7, 11) is 0. The number of ether oxygens (including phenoxy) is 12. The van der Waals surface area contributed by atoms with E-state index in [2.05, 4.69) is 0 Å². The summed E-state index contributed by atoms with van der Waals surface area (Å²) in [6.45, 7) is 5.31. The first-order valence-corrected chi connectivity index (χ1v) is 22.0. The maximum Gasteiger partial charge on any atom is 0.333 e. The van der Waals surface area contributed by atoms with Crippen LogP contribution in [0.25, 0.3) is 0 Å². The summed E-state index contributed by atoms with van der Waals surface area (Å²) < 4.78 is 69.7. The van der Waals surface area contributed by atoms with E-state index in [1.54, 1.807) is 78.9 Å². The average Bonchev–Trinajstić information content (AvgIpc) is 3.30. The molecule has 0 N–H and O–H groups in total. The van der Waals surface area contributed by atoms with Crippen molar-refractivity contribution in [3.63, 3.8) is 0 Å². The average molecular weight is 978 g/mol. The summed E-state index contributed by atoms with van der Waals surface area (Å²) in [5.41, 5.74) is 2.34. The second kappa shape index (κ2) is 26.1. The van der Waals surface area contributed by atoms with Gasteiger partial charge in [-0.2, -0.15) is 0 Å². The predicted molar refractivity (Wildman–Crippen MR) is 238 cm³/mol. The summed E-state index contributed by atoms with van der Waals surface area (Å²) in [5, 5.41) is 0. The monoisotopic (exact) mass is 977 g/mol. The Labute approximate surface area is 402 Å². The zero-order valence-electron chi connectivity index (χ0n) is 39.5. The number of rotatable bonds is 20. The van der Waals surface area contributed by atoms with Crippen molar-refractivity contribution in [1.29, 1.82) is 0 Å². The van der Waals surface area contributed by atoms with E-state index in [1.807, 2.05) is 12.1 Å². The molecule has 0 aliphatic carbocycles. The van der Waals surface area contributed by atoms with Crippen LogP contribution >= 0.6 is 0 Å². The number of hydrogen-bond acceptors (Lipinski definition) is 21. The van der Waals surface area contributed by atoms with Crippen LogP contribution in [0.5, 0.6) is 0 Å². The maximum absolute atomic E-state index is 14.1. The van der Waals surface area contributed by atoms with Gasteiger partial charge in [0.15, 0.2) is 49.1 Å². The highest BCUT2D eigenvalue weighted by Gasteiger charge is 2.58. The van der Waals surface area contributed by atoms with Crippen molar-refractivity contribution < 1.29 is 95.2 Å². The van der Waals surface area contributed by atoms with Gasteiger partial charge in [-0.05, 0) is 5.56 Å². The lowest BCUT2D eigenvalue weighted by Gasteiger charge is -2.48. The fourth-order valence-electron chi connectivity index (χ4n) is 7.44. The van der Waals surface area contributed by atoms with Crippen LogP contribution < -0.4 is 0 Å². The Balaban J connectivity index is 1.59. The molecule has 11 atom stereocenters. The Hall–Kier alpha value is -7.07. The second-order valence-electron chi connectivity index (χ2n) is 15.8. The van der Waals surface area contributed by atoms with E-state index >= 15 is 0 Å². The van der Waals surface area contributed by atoms with Crippen LogP contribution in [0.1, 0.15) is 65.2 Å². The summed E-state index contributed by atoms with van der Waals surface area (Å²) in [6.07, 6.45) is -16.9. The lowest BCUT2D eigenvalue weighted by Crippen LogP contribution is -2.67. The zero-order valence-corrected chi connectivity index (χ0v) is 39.5. The first-order valence-electron chi connectivity index (χ1n) is 22.0. The van der Waals surface area contributed by atoms with Gasteiger partial charge in [-0.3, -0.25) is 38.6 Å². The van der Waals surface area contributed by atoms with Crippen molar-refractivity contribution in [3.05, 3.63) is 108 Å². The SMILES string of the molecule is CC(=O)OC[C@H]1O[C@@H](O[C@H]2[C@H](OC(C)=O)[C@@H](OC(C)=O)[C@H](OC[C@H](N=C(c3ccccc3)c3ccccc3)C(=O)OCc3ccccc3)O[C@@H]2COC(C)=O)[C@H](OC(C)=O)[C@@H](OC(C)=O)[C@@H]1OC(C)=O. The minimum Gasteiger partial charge on any atom is -0.463 e. The molecule has 0 radical (unpaired) electrons. The molecule has 2 aliphatic rings. The molecule has 3 aromatic carbocycles. The third-order valence-electron chi connectivity index (χ3n) is 10.2. The summed E-state index contributed by atoms with van der Waals surface area (Å²) in [6, 6.07) is 25.5. The molecule has 0 spiro atoms. The number of benzene rings is 3. The van der Waals surface area contributed by atoms with Gasteiger partial charge in [0.05, 0.1) is 12.3 Å². The van der Waals surface area contributed by atoms with Gasteiger partial charge in [-0.1, -0.05) is 91.0 Å². The molecule has 21 nitrogen and oxygen atoms in total. The highest BCUT2D eigenvalue weighted by atomic mass is 16.8. The van der Waals surface area contributed by atoms with E-state index in [4.69, 9.17) is 61.8 Å². The van der Waals surface area contributed by atoms with Crippen LogP contribution in [0.4, 0.5) is 0 Å². The van der Waals surface area contributed by atoms with Gasteiger partial charge < -0.3 is 56.8 Å². The molecule has 0 bridgehead atoms. The van der Waals surface area contributed by atoms with Gasteiger partial charge >= 0.3 is 47.8 Å². The fourth-order valence-corrected chi connectivity index (χ4v) is 7.44. The van der Waals surface area contributed by atoms with Crippen LogP contribution in [0.15, 0.2) is 96.0 Å². The Morgan fingerprint density at radius 3 is 1.34 bits per heavy atom. The largest absolute Gasteiger partial charge is 0.463 e. The third-order valence-corrected chi connectivity index (χ3v) is 10.2. The molecule has 0 unspecified atom stereocenters. The van der Waals surface area contributed by atoms with E-state index in [0.717, 1.165) is 48.5 Å². The first-order chi connectivity index (χ1) is 33.4. The quantitative estimate of drug-likeness (QED) is 0.0894. The number of hydrogen-bond donors (Lipinski definition) is 0.